The van der Waals surface area contributed by atoms with Crippen molar-refractivity contribution in [1.82, 2.24) is 0 Å². The van der Waals surface area contributed by atoms with Crippen LogP contribution in [0.4, 0.5) is 8.78 Å². The molecule has 6 aromatic rings. The molecular weight excluding hydrogens is 739 g/mol. The molecule has 0 aliphatic carbocycles. The van der Waals surface area contributed by atoms with Gasteiger partial charge >= 0.3 is 0 Å². The number of fused-ring (bicyclic) bond motifs is 2. The Morgan fingerprint density at radius 3 is 1.19 bits per heavy atom. The zero-order valence-electron chi connectivity index (χ0n) is 28.4. The number of hydrogen-bond acceptors (Lipinski definition) is 9. The monoisotopic (exact) mass is 766 g/mol. The van der Waals surface area contributed by atoms with Crippen LogP contribution in [0.15, 0.2) is 131 Å². The number of carbonyl (C=O) groups excluding carboxylic acids is 1. The lowest BCUT2D eigenvalue weighted by atomic mass is 9.89. The second kappa shape index (κ2) is 13.1. The molecule has 0 aromatic heterocycles. The van der Waals surface area contributed by atoms with Crippen LogP contribution in [0.3, 0.4) is 0 Å². The minimum Gasteiger partial charge on any atom is -0.447 e. The average Bonchev–Trinajstić information content (AvgIpc) is 3.77. The summed E-state index contributed by atoms with van der Waals surface area (Å²) in [5.41, 5.74) is 2.79. The molecule has 2 unspecified atom stereocenters. The van der Waals surface area contributed by atoms with E-state index in [4.69, 9.17) is 18.9 Å². The number of sulfone groups is 2. The summed E-state index contributed by atoms with van der Waals surface area (Å²) < 4.78 is 102. The summed E-state index contributed by atoms with van der Waals surface area (Å²) >= 11 is 0. The van der Waals surface area contributed by atoms with E-state index in [1.54, 1.807) is 48.5 Å². The average molecular weight is 767 g/mol. The first kappa shape index (κ1) is 35.0. The standard InChI is InChI=1S/C41H28F2O9S2/c1-53(45,46)29-13-9-23(10-14-29)31-19-35-37(51-40(49-35)25-5-3-7-27(42)17-25)21-33(31)39(44)34-22-38-36(50-41(52-38)26-6-4-8-28(43)18-26)20-32(34)24-11-15-30(16-12-24)54(2,47)48/h3-22,40-41H,1-2H3. The molecular formula is C41H28F2O9S2. The highest BCUT2D eigenvalue weighted by molar-refractivity contribution is 7.91. The zero-order valence-corrected chi connectivity index (χ0v) is 30.1. The summed E-state index contributed by atoms with van der Waals surface area (Å²) in [5.74, 6) is -0.548. The molecule has 54 heavy (non-hydrogen) atoms. The molecule has 2 aliphatic heterocycles. The lowest BCUT2D eigenvalue weighted by Crippen LogP contribution is -2.08. The molecule has 8 rings (SSSR count). The van der Waals surface area contributed by atoms with Crippen LogP contribution in [0.1, 0.15) is 39.6 Å². The van der Waals surface area contributed by atoms with Gasteiger partial charge in [0, 0.05) is 34.8 Å². The van der Waals surface area contributed by atoms with Crippen molar-refractivity contribution < 1.29 is 49.4 Å². The van der Waals surface area contributed by atoms with Crippen molar-refractivity contribution >= 4 is 25.5 Å². The quantitative estimate of drug-likeness (QED) is 0.141. The molecule has 2 atom stereocenters. The van der Waals surface area contributed by atoms with Crippen molar-refractivity contribution in [2.45, 2.75) is 22.4 Å². The molecule has 6 aromatic carbocycles. The third-order valence-corrected chi connectivity index (χ3v) is 11.3. The van der Waals surface area contributed by atoms with Crippen LogP contribution in [0.2, 0.25) is 0 Å². The molecule has 2 aliphatic rings. The van der Waals surface area contributed by atoms with Gasteiger partial charge in [0.25, 0.3) is 12.6 Å². The van der Waals surface area contributed by atoms with Crippen LogP contribution in [-0.2, 0) is 19.7 Å². The van der Waals surface area contributed by atoms with Crippen molar-refractivity contribution in [3.05, 3.63) is 155 Å². The van der Waals surface area contributed by atoms with Gasteiger partial charge in [0.2, 0.25) is 0 Å². The molecule has 0 amide bonds. The SMILES string of the molecule is CS(=O)(=O)c1ccc(-c2cc3c(cc2C(=O)c2cc4c(cc2-c2ccc(S(C)(=O)=O)cc2)OC(c2cccc(F)c2)O4)OC(c2cccc(F)c2)O3)cc1. The summed E-state index contributed by atoms with van der Waals surface area (Å²) in [5, 5.41) is 0. The van der Waals surface area contributed by atoms with Gasteiger partial charge in [0.1, 0.15) is 11.6 Å². The summed E-state index contributed by atoms with van der Waals surface area (Å²) in [6.45, 7) is 0. The Bertz CT molecular complexity index is 2530. The predicted octanol–water partition coefficient (Wildman–Crippen LogP) is 8.28. The Labute approximate surface area is 309 Å². The zero-order chi connectivity index (χ0) is 37.9. The first-order chi connectivity index (χ1) is 25.7. The number of carbonyl (C=O) groups is 1. The highest BCUT2D eigenvalue weighted by Gasteiger charge is 2.33. The van der Waals surface area contributed by atoms with E-state index >= 15 is 0 Å². The highest BCUT2D eigenvalue weighted by Crippen LogP contribution is 2.48. The summed E-state index contributed by atoms with van der Waals surface area (Å²) in [4.78, 5) is 15.2. The molecule has 0 radical (unpaired) electrons. The van der Waals surface area contributed by atoms with E-state index in [1.807, 2.05) is 0 Å². The van der Waals surface area contributed by atoms with E-state index in [-0.39, 0.29) is 43.9 Å². The maximum absolute atomic E-state index is 15.0. The molecule has 0 spiro atoms. The van der Waals surface area contributed by atoms with Crippen molar-refractivity contribution in [2.75, 3.05) is 12.5 Å². The third kappa shape index (κ3) is 6.67. The van der Waals surface area contributed by atoms with Crippen LogP contribution in [0.25, 0.3) is 22.3 Å². The van der Waals surface area contributed by atoms with Crippen LogP contribution < -0.4 is 18.9 Å². The number of ether oxygens (including phenoxy) is 4. The second-order valence-corrected chi connectivity index (χ2v) is 16.9. The topological polar surface area (TPSA) is 122 Å². The molecule has 13 heteroatoms. The van der Waals surface area contributed by atoms with Crippen molar-refractivity contribution in [3.8, 4) is 45.3 Å². The maximum Gasteiger partial charge on any atom is 0.268 e. The Balaban J connectivity index is 1.28. The minimum absolute atomic E-state index is 0.0782. The van der Waals surface area contributed by atoms with Gasteiger partial charge in [-0.2, -0.15) is 0 Å². The van der Waals surface area contributed by atoms with E-state index in [1.165, 1.54) is 72.8 Å². The molecule has 0 bridgehead atoms. The molecule has 9 nitrogen and oxygen atoms in total. The van der Waals surface area contributed by atoms with Gasteiger partial charge in [-0.05, 0) is 95.1 Å². The van der Waals surface area contributed by atoms with Gasteiger partial charge in [-0.25, -0.2) is 25.6 Å². The molecule has 272 valence electrons. The smallest absolute Gasteiger partial charge is 0.268 e. The Morgan fingerprint density at radius 2 is 0.852 bits per heavy atom. The van der Waals surface area contributed by atoms with Gasteiger partial charge < -0.3 is 18.9 Å². The van der Waals surface area contributed by atoms with Gasteiger partial charge in [-0.3, -0.25) is 4.79 Å². The Hall–Kier alpha value is -6.05. The molecule has 0 fully saturated rings. The predicted molar refractivity (Wildman–Crippen MR) is 194 cm³/mol. The van der Waals surface area contributed by atoms with Crippen LogP contribution in [0, 0.1) is 11.6 Å². The molecule has 0 saturated carbocycles. The fraction of sp³-hybridized carbons (Fsp3) is 0.0976. The van der Waals surface area contributed by atoms with E-state index in [0.717, 1.165) is 12.5 Å². The Kier molecular flexibility index (Phi) is 8.50. The number of halogens is 2. The maximum atomic E-state index is 15.0. The van der Waals surface area contributed by atoms with Crippen LogP contribution >= 0.6 is 0 Å². The second-order valence-electron chi connectivity index (χ2n) is 12.9. The van der Waals surface area contributed by atoms with Crippen molar-refractivity contribution in [2.24, 2.45) is 0 Å². The van der Waals surface area contributed by atoms with Gasteiger partial charge in [-0.1, -0.05) is 48.5 Å². The number of benzene rings is 6. The lowest BCUT2D eigenvalue weighted by Gasteiger charge is -2.15. The molecule has 0 saturated heterocycles. The fourth-order valence-corrected chi connectivity index (χ4v) is 7.60. The van der Waals surface area contributed by atoms with E-state index in [0.29, 0.717) is 33.4 Å². The Morgan fingerprint density at radius 1 is 0.500 bits per heavy atom. The first-order valence-electron chi connectivity index (χ1n) is 16.4. The van der Waals surface area contributed by atoms with E-state index < -0.39 is 49.7 Å². The number of ketones is 1. The van der Waals surface area contributed by atoms with Gasteiger partial charge in [-0.15, -0.1) is 0 Å². The number of hydrogen-bond donors (Lipinski definition) is 0. The van der Waals surface area contributed by atoms with Crippen LogP contribution in [-0.4, -0.2) is 35.1 Å². The summed E-state index contributed by atoms with van der Waals surface area (Å²) in [6.07, 6.45) is 0.144. The van der Waals surface area contributed by atoms with Gasteiger partial charge in [0.15, 0.2) is 48.5 Å². The highest BCUT2D eigenvalue weighted by atomic mass is 32.2. The molecule has 2 heterocycles. The van der Waals surface area contributed by atoms with Gasteiger partial charge in [0.05, 0.1) is 9.79 Å². The lowest BCUT2D eigenvalue weighted by molar-refractivity contribution is 0.0482. The number of rotatable bonds is 8. The van der Waals surface area contributed by atoms with Crippen LogP contribution in [0.5, 0.6) is 23.0 Å². The fourth-order valence-electron chi connectivity index (χ4n) is 6.34. The summed E-state index contributed by atoms with van der Waals surface area (Å²) in [6, 6.07) is 29.7. The largest absolute Gasteiger partial charge is 0.447 e. The third-order valence-electron chi connectivity index (χ3n) is 9.02. The van der Waals surface area contributed by atoms with Crippen molar-refractivity contribution in [1.29, 1.82) is 0 Å². The van der Waals surface area contributed by atoms with E-state index in [9.17, 15) is 30.4 Å². The summed E-state index contributed by atoms with van der Waals surface area (Å²) in [7, 11) is -7.06. The van der Waals surface area contributed by atoms with Crippen molar-refractivity contribution in [3.63, 3.8) is 0 Å². The first-order valence-corrected chi connectivity index (χ1v) is 20.2. The molecule has 0 N–H and O–H groups in total. The normalized spacial score (nSPS) is 16.0. The minimum atomic E-state index is -3.53. The van der Waals surface area contributed by atoms with E-state index in [2.05, 4.69) is 0 Å².